The van der Waals surface area contributed by atoms with Gasteiger partial charge in [-0.15, -0.1) is 0 Å². The van der Waals surface area contributed by atoms with Crippen LogP contribution in [0.3, 0.4) is 0 Å². The van der Waals surface area contributed by atoms with Gasteiger partial charge >= 0.3 is 0 Å². The Kier molecular flexibility index (Phi) is 5.34. The zero-order valence-corrected chi connectivity index (χ0v) is 11.7. The topological polar surface area (TPSA) is 72.9 Å². The summed E-state index contributed by atoms with van der Waals surface area (Å²) in [5, 5.41) is 7.03. The van der Waals surface area contributed by atoms with Crippen LogP contribution in [0, 0.1) is 12.8 Å². The van der Waals surface area contributed by atoms with Crippen molar-refractivity contribution in [2.45, 2.75) is 39.7 Å². The summed E-state index contributed by atoms with van der Waals surface area (Å²) < 4.78 is 1.59. The number of nitrogens with one attached hydrogen (secondary N) is 1. The Morgan fingerprint density at radius 2 is 2.11 bits per heavy atom. The minimum absolute atomic E-state index is 0.0123. The Labute approximate surface area is 109 Å². The first-order valence-corrected chi connectivity index (χ1v) is 6.54. The van der Waals surface area contributed by atoms with Gasteiger partial charge in [0, 0.05) is 19.6 Å². The van der Waals surface area contributed by atoms with Gasteiger partial charge in [0.05, 0.1) is 5.69 Å². The summed E-state index contributed by atoms with van der Waals surface area (Å²) >= 11 is 0. The van der Waals surface area contributed by atoms with E-state index in [1.54, 1.807) is 17.8 Å². The van der Waals surface area contributed by atoms with E-state index < -0.39 is 0 Å². The van der Waals surface area contributed by atoms with E-state index in [1.807, 2.05) is 6.92 Å². The first-order chi connectivity index (χ1) is 8.49. The average molecular weight is 252 g/mol. The van der Waals surface area contributed by atoms with Crippen LogP contribution in [-0.2, 0) is 7.05 Å². The number of nitrogens with two attached hydrogens (primary N) is 1. The first kappa shape index (κ1) is 14.7. The SMILES string of the molecule is CCC(CC)C(N)CNC(=O)c1cc(C)nn1C. The number of aromatic nitrogens is 2. The predicted octanol–water partition coefficient (Wildman–Crippen LogP) is 1.22. The second kappa shape index (κ2) is 6.54. The van der Waals surface area contributed by atoms with E-state index in [4.69, 9.17) is 5.73 Å². The number of hydrogen-bond donors (Lipinski definition) is 2. The monoisotopic (exact) mass is 252 g/mol. The van der Waals surface area contributed by atoms with Crippen LogP contribution in [0.4, 0.5) is 0 Å². The summed E-state index contributed by atoms with van der Waals surface area (Å²) in [6.07, 6.45) is 2.08. The molecule has 0 bridgehead atoms. The molecule has 5 nitrogen and oxygen atoms in total. The Bertz CT molecular complexity index is 396. The molecule has 0 aromatic carbocycles. The molecule has 3 N–H and O–H groups in total. The van der Waals surface area contributed by atoms with Gasteiger partial charge in [-0.3, -0.25) is 9.48 Å². The van der Waals surface area contributed by atoms with Gasteiger partial charge in [0.1, 0.15) is 5.69 Å². The maximum absolute atomic E-state index is 12.0. The number of amides is 1. The first-order valence-electron chi connectivity index (χ1n) is 6.54. The molecule has 0 fully saturated rings. The molecule has 5 heteroatoms. The lowest BCUT2D eigenvalue weighted by Gasteiger charge is -2.21. The van der Waals surface area contributed by atoms with E-state index in [1.165, 1.54) is 0 Å². The van der Waals surface area contributed by atoms with E-state index in [0.29, 0.717) is 18.2 Å². The molecule has 0 aliphatic rings. The molecule has 0 aliphatic carbocycles. The lowest BCUT2D eigenvalue weighted by molar-refractivity contribution is 0.0938. The highest BCUT2D eigenvalue weighted by Gasteiger charge is 2.17. The molecule has 102 valence electrons. The van der Waals surface area contributed by atoms with Crippen molar-refractivity contribution >= 4 is 5.91 Å². The van der Waals surface area contributed by atoms with Gasteiger partial charge in [-0.25, -0.2) is 0 Å². The number of aryl methyl sites for hydroxylation is 2. The standard InChI is InChI=1S/C13H24N4O/c1-5-10(6-2)11(14)8-15-13(18)12-7-9(3)16-17(12)4/h7,10-11H,5-6,8,14H2,1-4H3,(H,15,18). The van der Waals surface area contributed by atoms with Crippen LogP contribution in [0.25, 0.3) is 0 Å². The molecular formula is C13H24N4O. The third-order valence-electron chi connectivity index (χ3n) is 3.39. The highest BCUT2D eigenvalue weighted by atomic mass is 16.2. The zero-order valence-electron chi connectivity index (χ0n) is 11.7. The largest absolute Gasteiger partial charge is 0.349 e. The maximum Gasteiger partial charge on any atom is 0.269 e. The molecule has 1 rings (SSSR count). The number of rotatable bonds is 6. The Morgan fingerprint density at radius 1 is 1.50 bits per heavy atom. The van der Waals surface area contributed by atoms with Gasteiger partial charge in [0.2, 0.25) is 0 Å². The zero-order chi connectivity index (χ0) is 13.7. The van der Waals surface area contributed by atoms with Crippen molar-refractivity contribution < 1.29 is 4.79 Å². The summed E-state index contributed by atoms with van der Waals surface area (Å²) in [6.45, 7) is 6.63. The Morgan fingerprint density at radius 3 is 2.56 bits per heavy atom. The van der Waals surface area contributed by atoms with Crippen LogP contribution in [0.5, 0.6) is 0 Å². The van der Waals surface area contributed by atoms with Crippen molar-refractivity contribution in [3.8, 4) is 0 Å². The van der Waals surface area contributed by atoms with Gasteiger partial charge in [0.15, 0.2) is 0 Å². The van der Waals surface area contributed by atoms with E-state index in [0.717, 1.165) is 18.5 Å². The van der Waals surface area contributed by atoms with Crippen LogP contribution in [-0.4, -0.2) is 28.3 Å². The molecule has 0 saturated carbocycles. The predicted molar refractivity (Wildman–Crippen MR) is 72.3 cm³/mol. The molecule has 1 unspecified atom stereocenters. The average Bonchev–Trinajstić information content (AvgIpc) is 2.67. The number of carbonyl (C=O) groups is 1. The van der Waals surface area contributed by atoms with Gasteiger partial charge in [0.25, 0.3) is 5.91 Å². The highest BCUT2D eigenvalue weighted by molar-refractivity contribution is 5.92. The van der Waals surface area contributed by atoms with E-state index in [9.17, 15) is 4.79 Å². The molecule has 1 aromatic heterocycles. The van der Waals surface area contributed by atoms with E-state index >= 15 is 0 Å². The third-order valence-corrected chi connectivity index (χ3v) is 3.39. The van der Waals surface area contributed by atoms with Gasteiger partial charge in [-0.05, 0) is 18.9 Å². The second-order valence-corrected chi connectivity index (χ2v) is 4.75. The van der Waals surface area contributed by atoms with Crippen LogP contribution in [0.15, 0.2) is 6.07 Å². The van der Waals surface area contributed by atoms with Crippen molar-refractivity contribution in [1.82, 2.24) is 15.1 Å². The molecule has 0 radical (unpaired) electrons. The van der Waals surface area contributed by atoms with Crippen LogP contribution >= 0.6 is 0 Å². The Hall–Kier alpha value is -1.36. The van der Waals surface area contributed by atoms with Crippen molar-refractivity contribution in [1.29, 1.82) is 0 Å². The molecule has 0 saturated heterocycles. The van der Waals surface area contributed by atoms with E-state index in [-0.39, 0.29) is 11.9 Å². The lowest BCUT2D eigenvalue weighted by atomic mass is 9.95. The fourth-order valence-corrected chi connectivity index (χ4v) is 2.19. The smallest absolute Gasteiger partial charge is 0.269 e. The molecular weight excluding hydrogens is 228 g/mol. The summed E-state index contributed by atoms with van der Waals surface area (Å²) in [7, 11) is 1.77. The van der Waals surface area contributed by atoms with Crippen LogP contribution in [0.2, 0.25) is 0 Å². The van der Waals surface area contributed by atoms with Gasteiger partial charge in [-0.1, -0.05) is 26.7 Å². The molecule has 1 heterocycles. The molecule has 1 atom stereocenters. The molecule has 1 aromatic rings. The fraction of sp³-hybridized carbons (Fsp3) is 0.692. The maximum atomic E-state index is 12.0. The Balaban J connectivity index is 2.53. The number of hydrogen-bond acceptors (Lipinski definition) is 3. The second-order valence-electron chi connectivity index (χ2n) is 4.75. The quantitative estimate of drug-likeness (QED) is 0.799. The van der Waals surface area contributed by atoms with Gasteiger partial charge < -0.3 is 11.1 Å². The summed E-state index contributed by atoms with van der Waals surface area (Å²) in [5.74, 6) is 0.345. The highest BCUT2D eigenvalue weighted by Crippen LogP contribution is 2.10. The minimum atomic E-state index is -0.112. The minimum Gasteiger partial charge on any atom is -0.349 e. The van der Waals surface area contributed by atoms with E-state index in [2.05, 4.69) is 24.3 Å². The van der Waals surface area contributed by atoms with Crippen LogP contribution in [0.1, 0.15) is 42.9 Å². The molecule has 18 heavy (non-hydrogen) atoms. The van der Waals surface area contributed by atoms with Gasteiger partial charge in [-0.2, -0.15) is 5.10 Å². The van der Waals surface area contributed by atoms with Crippen molar-refractivity contribution in [2.75, 3.05) is 6.54 Å². The lowest BCUT2D eigenvalue weighted by Crippen LogP contribution is -2.42. The van der Waals surface area contributed by atoms with Crippen molar-refractivity contribution in [3.05, 3.63) is 17.5 Å². The summed E-state index contributed by atoms with van der Waals surface area (Å²) in [6, 6.07) is 1.79. The molecule has 0 aliphatic heterocycles. The summed E-state index contributed by atoms with van der Waals surface area (Å²) in [5.41, 5.74) is 7.48. The van der Waals surface area contributed by atoms with Crippen LogP contribution < -0.4 is 11.1 Å². The fourth-order valence-electron chi connectivity index (χ4n) is 2.19. The summed E-state index contributed by atoms with van der Waals surface area (Å²) in [4.78, 5) is 12.0. The molecule has 0 spiro atoms. The number of nitrogens with zero attached hydrogens (tertiary/aromatic N) is 2. The van der Waals surface area contributed by atoms with Crippen molar-refractivity contribution in [2.24, 2.45) is 18.7 Å². The van der Waals surface area contributed by atoms with Crippen molar-refractivity contribution in [3.63, 3.8) is 0 Å². The number of carbonyl (C=O) groups excluding carboxylic acids is 1. The normalized spacial score (nSPS) is 12.8. The third kappa shape index (κ3) is 3.57. The molecule has 1 amide bonds.